The van der Waals surface area contributed by atoms with Crippen LogP contribution >= 0.6 is 43.5 Å². The molecule has 4 rings (SSSR count). The lowest BCUT2D eigenvalue weighted by Crippen LogP contribution is -2.27. The first-order valence-corrected chi connectivity index (χ1v) is 11.6. The number of carbonyl (C=O) groups is 1. The summed E-state index contributed by atoms with van der Waals surface area (Å²) in [5, 5.41) is 10.4. The van der Waals surface area contributed by atoms with Gasteiger partial charge in [0.05, 0.1) is 14.9 Å². The van der Waals surface area contributed by atoms with Gasteiger partial charge in [-0.25, -0.2) is 0 Å². The number of rotatable bonds is 4. The van der Waals surface area contributed by atoms with Crippen molar-refractivity contribution >= 4 is 49.2 Å². The summed E-state index contributed by atoms with van der Waals surface area (Å²) in [6.07, 6.45) is 1.77. The molecule has 0 aromatic heterocycles. The third kappa shape index (κ3) is 4.38. The lowest BCUT2D eigenvalue weighted by atomic mass is 9.77. The van der Waals surface area contributed by atoms with Gasteiger partial charge in [-0.2, -0.15) is 5.26 Å². The van der Waals surface area contributed by atoms with Gasteiger partial charge in [0.1, 0.15) is 29.8 Å². The second kappa shape index (κ2) is 9.07. The Labute approximate surface area is 201 Å². The number of Topliss-reactive ketones (excluding diaryl/α,β-unsaturated/α-hetero) is 1. The fourth-order valence-corrected chi connectivity index (χ4v) is 5.39. The number of allylic oxidation sites excluding steroid dienone is 3. The van der Waals surface area contributed by atoms with Gasteiger partial charge in [-0.1, -0.05) is 23.7 Å². The summed E-state index contributed by atoms with van der Waals surface area (Å²) in [5.74, 6) is 0.649. The van der Waals surface area contributed by atoms with E-state index in [0.717, 1.165) is 11.1 Å². The number of hydrogen-bond acceptors (Lipinski definition) is 5. The van der Waals surface area contributed by atoms with E-state index < -0.39 is 5.92 Å². The second-order valence-electron chi connectivity index (χ2n) is 7.27. The van der Waals surface area contributed by atoms with Gasteiger partial charge in [0.25, 0.3) is 0 Å². The number of benzene rings is 2. The van der Waals surface area contributed by atoms with Crippen molar-refractivity contribution in [3.8, 4) is 11.8 Å². The summed E-state index contributed by atoms with van der Waals surface area (Å²) < 4.78 is 13.0. The number of nitrogens with zero attached hydrogens (tertiary/aromatic N) is 1. The highest BCUT2D eigenvalue weighted by atomic mass is 79.9. The van der Waals surface area contributed by atoms with Gasteiger partial charge < -0.3 is 15.2 Å². The Hall–Kier alpha value is -2.27. The maximum atomic E-state index is 12.7. The van der Waals surface area contributed by atoms with E-state index in [1.807, 2.05) is 36.4 Å². The highest BCUT2D eigenvalue weighted by Crippen LogP contribution is 2.46. The highest BCUT2D eigenvalue weighted by molar-refractivity contribution is 9.11. The van der Waals surface area contributed by atoms with E-state index in [9.17, 15) is 10.1 Å². The zero-order valence-corrected chi connectivity index (χ0v) is 20.2. The average molecular weight is 565 g/mol. The lowest BCUT2D eigenvalue weighted by Gasteiger charge is -2.31. The molecular formula is C23H17Br2ClN2O3. The molecule has 1 aliphatic heterocycles. The van der Waals surface area contributed by atoms with Gasteiger partial charge in [-0.05, 0) is 73.7 Å². The fraction of sp³-hybridized carbons (Fsp3) is 0.217. The van der Waals surface area contributed by atoms with E-state index in [1.54, 1.807) is 0 Å². The molecule has 8 heteroatoms. The number of hydrogen-bond donors (Lipinski definition) is 1. The molecular weight excluding hydrogens is 548 g/mol. The number of ketones is 1. The van der Waals surface area contributed by atoms with Crippen molar-refractivity contribution in [3.63, 3.8) is 0 Å². The third-order valence-corrected chi connectivity index (χ3v) is 6.69. The number of halogens is 3. The smallest absolute Gasteiger partial charge is 0.205 e. The van der Waals surface area contributed by atoms with Gasteiger partial charge >= 0.3 is 0 Å². The largest absolute Gasteiger partial charge is 0.487 e. The first-order chi connectivity index (χ1) is 14.9. The van der Waals surface area contributed by atoms with Gasteiger partial charge in [0.15, 0.2) is 5.78 Å². The van der Waals surface area contributed by atoms with Crippen molar-refractivity contribution in [2.24, 2.45) is 5.73 Å². The van der Waals surface area contributed by atoms with E-state index in [4.69, 9.17) is 26.8 Å². The molecule has 1 heterocycles. The molecule has 158 valence electrons. The Bertz CT molecular complexity index is 1140. The van der Waals surface area contributed by atoms with Gasteiger partial charge in [0, 0.05) is 23.4 Å². The molecule has 2 aromatic rings. The van der Waals surface area contributed by atoms with Crippen LogP contribution in [0.15, 0.2) is 68.1 Å². The summed E-state index contributed by atoms with van der Waals surface area (Å²) >= 11 is 13.1. The normalized spacial score (nSPS) is 18.4. The quantitative estimate of drug-likeness (QED) is 0.474. The van der Waals surface area contributed by atoms with E-state index in [-0.39, 0.29) is 17.2 Å². The van der Waals surface area contributed by atoms with E-state index >= 15 is 0 Å². The van der Waals surface area contributed by atoms with Crippen LogP contribution in [-0.4, -0.2) is 5.78 Å². The topological polar surface area (TPSA) is 85.3 Å². The van der Waals surface area contributed by atoms with Crippen LogP contribution in [0.1, 0.15) is 36.3 Å². The van der Waals surface area contributed by atoms with Gasteiger partial charge in [-0.3, -0.25) is 4.79 Å². The van der Waals surface area contributed by atoms with Crippen LogP contribution in [0.25, 0.3) is 0 Å². The molecule has 1 atom stereocenters. The first kappa shape index (κ1) is 21.9. The van der Waals surface area contributed by atoms with Crippen LogP contribution < -0.4 is 10.5 Å². The van der Waals surface area contributed by atoms with Crippen LogP contribution in [0.5, 0.6) is 5.75 Å². The molecule has 0 amide bonds. The summed E-state index contributed by atoms with van der Waals surface area (Å²) in [6, 6.07) is 13.3. The molecule has 2 aromatic carbocycles. The van der Waals surface area contributed by atoms with Crippen molar-refractivity contribution in [2.45, 2.75) is 31.8 Å². The molecule has 0 radical (unpaired) electrons. The fourth-order valence-electron chi connectivity index (χ4n) is 3.81. The molecule has 31 heavy (non-hydrogen) atoms. The molecule has 0 bridgehead atoms. The zero-order valence-electron chi connectivity index (χ0n) is 16.3. The van der Waals surface area contributed by atoms with E-state index in [0.29, 0.717) is 56.9 Å². The van der Waals surface area contributed by atoms with Crippen LogP contribution in [0.2, 0.25) is 5.02 Å². The predicted octanol–water partition coefficient (Wildman–Crippen LogP) is 6.26. The molecule has 0 unspecified atom stereocenters. The number of nitriles is 1. The molecule has 5 nitrogen and oxygen atoms in total. The van der Waals surface area contributed by atoms with Crippen molar-refractivity contribution < 1.29 is 14.3 Å². The Kier molecular flexibility index (Phi) is 6.42. The van der Waals surface area contributed by atoms with Crippen LogP contribution in [0.3, 0.4) is 0 Å². The minimum Gasteiger partial charge on any atom is -0.487 e. The molecule has 0 saturated heterocycles. The number of carbonyl (C=O) groups excluding carboxylic acids is 1. The van der Waals surface area contributed by atoms with Crippen LogP contribution in [-0.2, 0) is 16.1 Å². The molecule has 2 aliphatic rings. The number of nitrogens with two attached hydrogens (primary N) is 1. The second-order valence-corrected chi connectivity index (χ2v) is 9.41. The Morgan fingerprint density at radius 1 is 1.19 bits per heavy atom. The Balaban J connectivity index is 1.69. The third-order valence-electron chi connectivity index (χ3n) is 5.26. The Morgan fingerprint density at radius 2 is 1.87 bits per heavy atom. The molecule has 0 saturated carbocycles. The zero-order chi connectivity index (χ0) is 22.1. The predicted molar refractivity (Wildman–Crippen MR) is 124 cm³/mol. The minimum absolute atomic E-state index is 0.0122. The average Bonchev–Trinajstić information content (AvgIpc) is 2.73. The first-order valence-electron chi connectivity index (χ1n) is 9.59. The molecule has 2 N–H and O–H groups in total. The maximum absolute atomic E-state index is 12.7. The van der Waals surface area contributed by atoms with Crippen LogP contribution in [0, 0.1) is 11.3 Å². The van der Waals surface area contributed by atoms with Crippen molar-refractivity contribution in [1.82, 2.24) is 0 Å². The summed E-state index contributed by atoms with van der Waals surface area (Å²) in [5.41, 5.74) is 8.51. The molecule has 0 fully saturated rings. The van der Waals surface area contributed by atoms with Crippen molar-refractivity contribution in [2.75, 3.05) is 0 Å². The van der Waals surface area contributed by atoms with Crippen LogP contribution in [0.4, 0.5) is 0 Å². The van der Waals surface area contributed by atoms with E-state index in [1.165, 1.54) is 0 Å². The van der Waals surface area contributed by atoms with Gasteiger partial charge in [0.2, 0.25) is 5.88 Å². The van der Waals surface area contributed by atoms with E-state index in [2.05, 4.69) is 37.9 Å². The Morgan fingerprint density at radius 3 is 2.52 bits per heavy atom. The number of ether oxygens (including phenoxy) is 2. The summed E-state index contributed by atoms with van der Waals surface area (Å²) in [7, 11) is 0. The summed E-state index contributed by atoms with van der Waals surface area (Å²) in [6.45, 7) is 0.356. The monoisotopic (exact) mass is 562 g/mol. The SMILES string of the molecule is N#CC1=C(N)OC2=C(C(=O)CCC2)[C@H]1c1cc(Br)c(OCc2ccc(Cl)cc2)c(Br)c1. The molecule has 1 aliphatic carbocycles. The van der Waals surface area contributed by atoms with Crippen molar-refractivity contribution in [3.05, 3.63) is 84.3 Å². The highest BCUT2D eigenvalue weighted by Gasteiger charge is 2.38. The lowest BCUT2D eigenvalue weighted by molar-refractivity contribution is -0.116. The van der Waals surface area contributed by atoms with Crippen molar-refractivity contribution in [1.29, 1.82) is 5.26 Å². The van der Waals surface area contributed by atoms with Gasteiger partial charge in [-0.15, -0.1) is 0 Å². The standard InChI is InChI=1S/C23H17Br2ClN2O3/c24-16-8-13(9-17(25)22(16)30-11-12-4-6-14(26)7-5-12)20-15(10-27)23(28)31-19-3-1-2-18(29)21(19)20/h4-9,20H,1-3,11,28H2/t20-/m0/s1. The summed E-state index contributed by atoms with van der Waals surface area (Å²) in [4.78, 5) is 12.7. The minimum atomic E-state index is -0.570. The maximum Gasteiger partial charge on any atom is 0.205 e. The molecule has 0 spiro atoms.